The molecule has 0 aliphatic heterocycles. The number of rotatable bonds is 4. The van der Waals surface area contributed by atoms with Gasteiger partial charge in [-0.1, -0.05) is 0 Å². The second-order valence-electron chi connectivity index (χ2n) is 6.76. The number of hydrogen-bond donors (Lipinski definition) is 3. The number of aryl methyl sites for hydroxylation is 1. The molecule has 31 heavy (non-hydrogen) atoms. The van der Waals surface area contributed by atoms with Crippen molar-refractivity contribution in [1.29, 1.82) is 0 Å². The molecule has 2 aromatic heterocycles. The maximum absolute atomic E-state index is 13.4. The van der Waals surface area contributed by atoms with Crippen molar-refractivity contribution in [3.8, 4) is 17.0 Å². The van der Waals surface area contributed by atoms with Gasteiger partial charge in [-0.3, -0.25) is 30.5 Å². The molecule has 0 radical (unpaired) electrons. The van der Waals surface area contributed by atoms with E-state index in [0.717, 1.165) is 5.56 Å². The molecule has 0 unspecified atom stereocenters. The molecule has 0 spiro atoms. The van der Waals surface area contributed by atoms with E-state index in [1.165, 1.54) is 18.2 Å². The molecule has 3 N–H and O–H groups in total. The summed E-state index contributed by atoms with van der Waals surface area (Å²) in [5.41, 5.74) is 7.38. The Kier molecular flexibility index (Phi) is 5.31. The number of hydrazine groups is 1. The number of amides is 2. The number of halogens is 1. The Hall–Kier alpha value is -4.27. The van der Waals surface area contributed by atoms with Gasteiger partial charge in [0.05, 0.1) is 29.6 Å². The maximum atomic E-state index is 13.4. The van der Waals surface area contributed by atoms with Crippen LogP contribution in [-0.4, -0.2) is 34.1 Å². The van der Waals surface area contributed by atoms with E-state index < -0.39 is 17.6 Å². The van der Waals surface area contributed by atoms with Crippen LogP contribution in [0.15, 0.2) is 54.6 Å². The second-order valence-corrected chi connectivity index (χ2v) is 6.76. The standard InChI is InChI=1S/C22H18FN5O3/c1-12-17(9-14-3-6-15(23)10-18(14)24-12)21(29)27-28-22(30)20-11-19(25-26-20)13-4-7-16(31-2)8-5-13/h3-11H,1-2H3,(H,25,26)(H,27,29)(H,28,30). The molecule has 9 heteroatoms. The highest BCUT2D eigenvalue weighted by Gasteiger charge is 2.15. The average Bonchev–Trinajstić information content (AvgIpc) is 3.27. The Bertz CT molecular complexity index is 1280. The van der Waals surface area contributed by atoms with Crippen molar-refractivity contribution in [2.75, 3.05) is 7.11 Å². The van der Waals surface area contributed by atoms with Crippen molar-refractivity contribution in [1.82, 2.24) is 26.0 Å². The molecule has 4 rings (SSSR count). The van der Waals surface area contributed by atoms with Crippen molar-refractivity contribution >= 4 is 22.7 Å². The van der Waals surface area contributed by atoms with Gasteiger partial charge in [-0.2, -0.15) is 5.10 Å². The number of aromatic nitrogens is 3. The predicted molar refractivity (Wildman–Crippen MR) is 112 cm³/mol. The number of fused-ring (bicyclic) bond motifs is 1. The number of carbonyl (C=O) groups is 2. The summed E-state index contributed by atoms with van der Waals surface area (Å²) < 4.78 is 18.5. The third kappa shape index (κ3) is 4.20. The van der Waals surface area contributed by atoms with Crippen LogP contribution in [0.3, 0.4) is 0 Å². The second kappa shape index (κ2) is 8.23. The van der Waals surface area contributed by atoms with Crippen LogP contribution in [0.4, 0.5) is 4.39 Å². The van der Waals surface area contributed by atoms with Crippen molar-refractivity contribution in [3.05, 3.63) is 77.4 Å². The Morgan fingerprint density at radius 3 is 2.48 bits per heavy atom. The number of hydrogen-bond acceptors (Lipinski definition) is 5. The first kappa shape index (κ1) is 20.0. The molecule has 2 amide bonds. The van der Waals surface area contributed by atoms with Gasteiger partial charge >= 0.3 is 0 Å². The van der Waals surface area contributed by atoms with Crippen molar-refractivity contribution in [3.63, 3.8) is 0 Å². The predicted octanol–water partition coefficient (Wildman–Crippen LogP) is 3.16. The van der Waals surface area contributed by atoms with Crippen LogP contribution in [0.1, 0.15) is 26.5 Å². The first-order valence-electron chi connectivity index (χ1n) is 9.32. The highest BCUT2D eigenvalue weighted by Crippen LogP contribution is 2.21. The number of aromatic amines is 1. The number of pyridine rings is 1. The van der Waals surface area contributed by atoms with Crippen LogP contribution in [0.25, 0.3) is 22.2 Å². The van der Waals surface area contributed by atoms with Crippen molar-refractivity contribution < 1.29 is 18.7 Å². The monoisotopic (exact) mass is 419 g/mol. The van der Waals surface area contributed by atoms with E-state index >= 15 is 0 Å². The lowest BCUT2D eigenvalue weighted by Gasteiger charge is -2.09. The average molecular weight is 419 g/mol. The summed E-state index contributed by atoms with van der Waals surface area (Å²) in [7, 11) is 1.58. The first-order chi connectivity index (χ1) is 14.9. The number of methoxy groups -OCH3 is 1. The number of carbonyl (C=O) groups excluding carboxylic acids is 2. The van der Waals surface area contributed by atoms with E-state index in [9.17, 15) is 14.0 Å². The van der Waals surface area contributed by atoms with Crippen LogP contribution in [0.2, 0.25) is 0 Å². The highest BCUT2D eigenvalue weighted by atomic mass is 19.1. The molecule has 2 aromatic carbocycles. The van der Waals surface area contributed by atoms with Gasteiger partial charge in [-0.25, -0.2) is 4.39 Å². The van der Waals surface area contributed by atoms with E-state index in [-0.39, 0.29) is 11.3 Å². The minimum atomic E-state index is -0.561. The van der Waals surface area contributed by atoms with Crippen LogP contribution >= 0.6 is 0 Å². The highest BCUT2D eigenvalue weighted by molar-refractivity contribution is 6.01. The molecule has 156 valence electrons. The van der Waals surface area contributed by atoms with Gasteiger partial charge in [0.15, 0.2) is 0 Å². The van der Waals surface area contributed by atoms with Crippen LogP contribution in [0.5, 0.6) is 5.75 Å². The van der Waals surface area contributed by atoms with E-state index in [1.54, 1.807) is 38.3 Å². The number of nitrogens with one attached hydrogen (secondary N) is 3. The van der Waals surface area contributed by atoms with E-state index in [4.69, 9.17) is 4.74 Å². The van der Waals surface area contributed by atoms with Gasteiger partial charge in [0.2, 0.25) is 0 Å². The third-order valence-corrected chi connectivity index (χ3v) is 4.71. The Labute approximate surface area is 176 Å². The fraction of sp³-hybridized carbons (Fsp3) is 0.0909. The molecule has 0 fully saturated rings. The topological polar surface area (TPSA) is 109 Å². The molecule has 0 aliphatic carbocycles. The first-order valence-corrected chi connectivity index (χ1v) is 9.32. The Balaban J connectivity index is 1.44. The lowest BCUT2D eigenvalue weighted by atomic mass is 10.1. The number of nitrogens with zero attached hydrogens (tertiary/aromatic N) is 2. The van der Waals surface area contributed by atoms with Gasteiger partial charge < -0.3 is 4.74 Å². The van der Waals surface area contributed by atoms with Gasteiger partial charge in [-0.15, -0.1) is 0 Å². The SMILES string of the molecule is COc1ccc(-c2cc(C(=O)NNC(=O)c3cc4ccc(F)cc4nc3C)[nH]n2)cc1. The minimum absolute atomic E-state index is 0.176. The molecule has 8 nitrogen and oxygen atoms in total. The summed E-state index contributed by atoms with van der Waals surface area (Å²) in [6.45, 7) is 1.64. The normalized spacial score (nSPS) is 10.7. The summed E-state index contributed by atoms with van der Waals surface area (Å²) in [5.74, 6) is -0.797. The zero-order valence-corrected chi connectivity index (χ0v) is 16.7. The summed E-state index contributed by atoms with van der Waals surface area (Å²) in [6.07, 6.45) is 0. The minimum Gasteiger partial charge on any atom is -0.497 e. The smallest absolute Gasteiger partial charge is 0.287 e. The quantitative estimate of drug-likeness (QED) is 0.440. The lowest BCUT2D eigenvalue weighted by Crippen LogP contribution is -2.42. The third-order valence-electron chi connectivity index (χ3n) is 4.71. The molecule has 2 heterocycles. The number of H-pyrrole nitrogens is 1. The maximum Gasteiger partial charge on any atom is 0.287 e. The van der Waals surface area contributed by atoms with Crippen molar-refractivity contribution in [2.45, 2.75) is 6.92 Å². The molecular weight excluding hydrogens is 401 g/mol. The zero-order chi connectivity index (χ0) is 22.0. The van der Waals surface area contributed by atoms with Gasteiger partial charge in [-0.05, 0) is 55.5 Å². The Morgan fingerprint density at radius 2 is 1.74 bits per heavy atom. The Morgan fingerprint density at radius 1 is 1.00 bits per heavy atom. The molecule has 0 saturated heterocycles. The molecule has 0 bridgehead atoms. The molecule has 0 aliphatic rings. The van der Waals surface area contributed by atoms with E-state index in [1.807, 2.05) is 12.1 Å². The van der Waals surface area contributed by atoms with E-state index in [0.29, 0.717) is 28.0 Å². The van der Waals surface area contributed by atoms with E-state index in [2.05, 4.69) is 26.0 Å². The number of ether oxygens (including phenoxy) is 1. The van der Waals surface area contributed by atoms with Crippen molar-refractivity contribution in [2.24, 2.45) is 0 Å². The molecular formula is C22H18FN5O3. The van der Waals surface area contributed by atoms with Crippen LogP contribution in [0, 0.1) is 12.7 Å². The molecule has 0 atom stereocenters. The number of benzene rings is 2. The summed E-state index contributed by atoms with van der Waals surface area (Å²) >= 11 is 0. The summed E-state index contributed by atoms with van der Waals surface area (Å²) in [6, 6.07) is 14.5. The lowest BCUT2D eigenvalue weighted by molar-refractivity contribution is 0.0843. The summed E-state index contributed by atoms with van der Waals surface area (Å²) in [5, 5.41) is 7.38. The summed E-state index contributed by atoms with van der Waals surface area (Å²) in [4.78, 5) is 29.2. The van der Waals surface area contributed by atoms with Crippen LogP contribution in [-0.2, 0) is 0 Å². The molecule has 0 saturated carbocycles. The fourth-order valence-corrected chi connectivity index (χ4v) is 3.06. The fourth-order valence-electron chi connectivity index (χ4n) is 3.06. The molecule has 4 aromatic rings. The zero-order valence-electron chi connectivity index (χ0n) is 16.7. The van der Waals surface area contributed by atoms with Crippen LogP contribution < -0.4 is 15.6 Å². The van der Waals surface area contributed by atoms with Gasteiger partial charge in [0.1, 0.15) is 17.3 Å². The van der Waals surface area contributed by atoms with Gasteiger partial charge in [0.25, 0.3) is 11.8 Å². The van der Waals surface area contributed by atoms with Gasteiger partial charge in [0, 0.05) is 17.0 Å². The largest absolute Gasteiger partial charge is 0.497 e.